The molecule has 10 heavy (non-hydrogen) atoms. The molecule has 0 aromatic carbocycles. The van der Waals surface area contributed by atoms with Gasteiger partial charge in [0, 0.05) is 0 Å². The monoisotopic (exact) mass is 141 g/mol. The van der Waals surface area contributed by atoms with Gasteiger partial charge in [0.2, 0.25) is 0 Å². The summed E-state index contributed by atoms with van der Waals surface area (Å²) in [6, 6.07) is 0. The first-order valence-electron chi connectivity index (χ1n) is 3.32. The molecule has 1 atom stereocenters. The molecule has 1 aromatic heterocycles. The zero-order valence-electron chi connectivity index (χ0n) is 6.15. The molecule has 0 aliphatic carbocycles. The molecule has 0 aliphatic heterocycles. The van der Waals surface area contributed by atoms with Gasteiger partial charge in [0.15, 0.2) is 0 Å². The van der Waals surface area contributed by atoms with Gasteiger partial charge in [-0.3, -0.25) is 0 Å². The predicted octanol–water partition coefficient (Wildman–Crippen LogP) is 0.351. The lowest BCUT2D eigenvalue weighted by Gasteiger charge is -1.94. The zero-order valence-corrected chi connectivity index (χ0v) is 6.15. The Hall–Kier alpha value is -0.900. The first-order valence-corrected chi connectivity index (χ1v) is 3.32. The third-order valence-corrected chi connectivity index (χ3v) is 1.27. The molecule has 4 nitrogen and oxygen atoms in total. The van der Waals surface area contributed by atoms with Crippen LogP contribution in [0.4, 0.5) is 0 Å². The molecule has 0 radical (unpaired) electrons. The number of aryl methyl sites for hydroxylation is 1. The Morgan fingerprint density at radius 3 is 2.80 bits per heavy atom. The Kier molecular flexibility index (Phi) is 2.01. The topological polar surface area (TPSA) is 50.9 Å². The lowest BCUT2D eigenvalue weighted by atomic mass is 10.3. The van der Waals surface area contributed by atoms with Crippen LogP contribution < -0.4 is 0 Å². The molecule has 56 valence electrons. The van der Waals surface area contributed by atoms with Gasteiger partial charge in [-0.25, -0.2) is 0 Å². The SMILES string of the molecule is CCn1ncc(C(C)O)n1. The first-order chi connectivity index (χ1) is 4.74. The van der Waals surface area contributed by atoms with Crippen molar-refractivity contribution in [1.82, 2.24) is 15.0 Å². The summed E-state index contributed by atoms with van der Waals surface area (Å²) in [5, 5.41) is 16.9. The lowest BCUT2D eigenvalue weighted by molar-refractivity contribution is 0.193. The second-order valence-corrected chi connectivity index (χ2v) is 2.13. The molecule has 1 unspecified atom stereocenters. The summed E-state index contributed by atoms with van der Waals surface area (Å²) in [5.41, 5.74) is 0.627. The van der Waals surface area contributed by atoms with Crippen LogP contribution in [0.2, 0.25) is 0 Å². The van der Waals surface area contributed by atoms with Crippen LogP contribution in [0.5, 0.6) is 0 Å². The highest BCUT2D eigenvalue weighted by Crippen LogP contribution is 2.04. The van der Waals surface area contributed by atoms with Crippen LogP contribution in [-0.2, 0) is 6.54 Å². The van der Waals surface area contributed by atoms with Gasteiger partial charge in [-0.05, 0) is 13.8 Å². The Balaban J connectivity index is 2.78. The van der Waals surface area contributed by atoms with Gasteiger partial charge < -0.3 is 5.11 Å². The fourth-order valence-electron chi connectivity index (χ4n) is 0.655. The normalized spacial score (nSPS) is 13.5. The second kappa shape index (κ2) is 2.79. The summed E-state index contributed by atoms with van der Waals surface area (Å²) < 4.78 is 0. The lowest BCUT2D eigenvalue weighted by Crippen LogP contribution is -2.00. The first kappa shape index (κ1) is 7.21. The average molecular weight is 141 g/mol. The highest BCUT2D eigenvalue weighted by molar-refractivity contribution is 4.94. The van der Waals surface area contributed by atoms with Gasteiger partial charge in [-0.1, -0.05) is 0 Å². The number of rotatable bonds is 2. The number of nitrogens with zero attached hydrogens (tertiary/aromatic N) is 3. The van der Waals surface area contributed by atoms with Gasteiger partial charge >= 0.3 is 0 Å². The molecule has 1 aromatic rings. The van der Waals surface area contributed by atoms with Crippen molar-refractivity contribution in [3.8, 4) is 0 Å². The maximum absolute atomic E-state index is 9.02. The molecule has 0 saturated heterocycles. The van der Waals surface area contributed by atoms with E-state index in [1.807, 2.05) is 6.92 Å². The molecule has 0 amide bonds. The molecule has 1 heterocycles. The minimum Gasteiger partial charge on any atom is -0.387 e. The van der Waals surface area contributed by atoms with Crippen molar-refractivity contribution >= 4 is 0 Å². The molecule has 4 heteroatoms. The van der Waals surface area contributed by atoms with E-state index in [1.165, 1.54) is 0 Å². The fraction of sp³-hybridized carbons (Fsp3) is 0.667. The van der Waals surface area contributed by atoms with E-state index in [9.17, 15) is 0 Å². The largest absolute Gasteiger partial charge is 0.387 e. The molecule has 0 saturated carbocycles. The molecule has 0 aliphatic rings. The molecule has 1 N–H and O–H groups in total. The molecular weight excluding hydrogens is 130 g/mol. The van der Waals surface area contributed by atoms with Gasteiger partial charge in [0.1, 0.15) is 5.69 Å². The van der Waals surface area contributed by atoms with Gasteiger partial charge in [0.05, 0.1) is 18.8 Å². The Bertz CT molecular complexity index is 207. The van der Waals surface area contributed by atoms with E-state index >= 15 is 0 Å². The quantitative estimate of drug-likeness (QED) is 0.646. The van der Waals surface area contributed by atoms with Crippen molar-refractivity contribution in [2.45, 2.75) is 26.5 Å². The van der Waals surface area contributed by atoms with Gasteiger partial charge in [-0.15, -0.1) is 0 Å². The van der Waals surface area contributed by atoms with E-state index in [2.05, 4.69) is 10.2 Å². The zero-order chi connectivity index (χ0) is 7.56. The number of hydrogen-bond acceptors (Lipinski definition) is 3. The van der Waals surface area contributed by atoms with Crippen LogP contribution in [0.15, 0.2) is 6.20 Å². The van der Waals surface area contributed by atoms with Crippen molar-refractivity contribution in [2.75, 3.05) is 0 Å². The number of aliphatic hydroxyl groups excluding tert-OH is 1. The van der Waals surface area contributed by atoms with E-state index in [0.717, 1.165) is 6.54 Å². The third-order valence-electron chi connectivity index (χ3n) is 1.27. The highest BCUT2D eigenvalue weighted by atomic mass is 16.3. The Morgan fingerprint density at radius 2 is 2.50 bits per heavy atom. The summed E-state index contributed by atoms with van der Waals surface area (Å²) >= 11 is 0. The molecule has 0 spiro atoms. The fourth-order valence-corrected chi connectivity index (χ4v) is 0.655. The molecular formula is C6H11N3O. The van der Waals surface area contributed by atoms with Gasteiger partial charge in [0.25, 0.3) is 0 Å². The van der Waals surface area contributed by atoms with Crippen LogP contribution in [0.1, 0.15) is 25.6 Å². The smallest absolute Gasteiger partial charge is 0.111 e. The van der Waals surface area contributed by atoms with Crippen molar-refractivity contribution in [1.29, 1.82) is 0 Å². The second-order valence-electron chi connectivity index (χ2n) is 2.13. The van der Waals surface area contributed by atoms with Crippen molar-refractivity contribution < 1.29 is 5.11 Å². The van der Waals surface area contributed by atoms with E-state index < -0.39 is 6.10 Å². The highest BCUT2D eigenvalue weighted by Gasteiger charge is 2.03. The van der Waals surface area contributed by atoms with Crippen LogP contribution >= 0.6 is 0 Å². The van der Waals surface area contributed by atoms with Crippen molar-refractivity contribution in [3.05, 3.63) is 11.9 Å². The Morgan fingerprint density at radius 1 is 1.80 bits per heavy atom. The van der Waals surface area contributed by atoms with Crippen LogP contribution in [0, 0.1) is 0 Å². The Labute approximate surface area is 59.5 Å². The average Bonchev–Trinajstić information content (AvgIpc) is 2.34. The summed E-state index contributed by atoms with van der Waals surface area (Å²) in [7, 11) is 0. The van der Waals surface area contributed by atoms with Crippen LogP contribution in [0.3, 0.4) is 0 Å². The summed E-state index contributed by atoms with van der Waals surface area (Å²) in [5.74, 6) is 0. The van der Waals surface area contributed by atoms with E-state index in [-0.39, 0.29) is 0 Å². The van der Waals surface area contributed by atoms with Crippen molar-refractivity contribution in [3.63, 3.8) is 0 Å². The van der Waals surface area contributed by atoms with E-state index in [1.54, 1.807) is 17.9 Å². The molecule has 1 rings (SSSR count). The number of aliphatic hydroxyl groups is 1. The number of hydrogen-bond donors (Lipinski definition) is 1. The summed E-state index contributed by atoms with van der Waals surface area (Å²) in [4.78, 5) is 1.54. The van der Waals surface area contributed by atoms with Crippen molar-refractivity contribution in [2.24, 2.45) is 0 Å². The maximum Gasteiger partial charge on any atom is 0.111 e. The summed E-state index contributed by atoms with van der Waals surface area (Å²) in [6.07, 6.45) is 1.06. The molecule has 0 fully saturated rings. The minimum atomic E-state index is -0.514. The standard InChI is InChI=1S/C6H11N3O/c1-3-9-7-4-6(8-9)5(2)10/h4-5,10H,3H2,1-2H3. The van der Waals surface area contributed by atoms with Crippen LogP contribution in [0.25, 0.3) is 0 Å². The predicted molar refractivity (Wildman–Crippen MR) is 36.3 cm³/mol. The van der Waals surface area contributed by atoms with Gasteiger partial charge in [-0.2, -0.15) is 15.0 Å². The van der Waals surface area contributed by atoms with Crippen LogP contribution in [-0.4, -0.2) is 20.1 Å². The minimum absolute atomic E-state index is 0.514. The molecule has 0 bridgehead atoms. The number of aromatic nitrogens is 3. The summed E-state index contributed by atoms with van der Waals surface area (Å²) in [6.45, 7) is 4.36. The third kappa shape index (κ3) is 1.33. The van der Waals surface area contributed by atoms with E-state index in [4.69, 9.17) is 5.11 Å². The maximum atomic E-state index is 9.02. The van der Waals surface area contributed by atoms with E-state index in [0.29, 0.717) is 5.69 Å².